The van der Waals surface area contributed by atoms with Gasteiger partial charge >= 0.3 is 0 Å². The fourth-order valence-electron chi connectivity index (χ4n) is 1.17. The third-order valence-electron chi connectivity index (χ3n) is 1.75. The molecule has 0 saturated heterocycles. The molecule has 1 rings (SSSR count). The van der Waals surface area contributed by atoms with Crippen LogP contribution in [0.1, 0.15) is 33.1 Å². The van der Waals surface area contributed by atoms with Crippen LogP contribution in [0.3, 0.4) is 0 Å². The van der Waals surface area contributed by atoms with E-state index < -0.39 is 0 Å². The molecule has 0 atom stereocenters. The van der Waals surface area contributed by atoms with Gasteiger partial charge in [-0.25, -0.2) is 11.1 Å². The van der Waals surface area contributed by atoms with E-state index in [1.165, 1.54) is 18.4 Å². The predicted molar refractivity (Wildman–Crippen MR) is 40.0 cm³/mol. The van der Waals surface area contributed by atoms with Gasteiger partial charge in [-0.1, -0.05) is 33.1 Å². The molecule has 0 aliphatic heterocycles. The fraction of sp³-hybridized carbons (Fsp3) is 0.556. The van der Waals surface area contributed by atoms with Crippen LogP contribution in [0, 0.1) is 6.08 Å². The predicted octanol–water partition coefficient (Wildman–Crippen LogP) is 2.86. The summed E-state index contributed by atoms with van der Waals surface area (Å²) in [7, 11) is 0. The van der Waals surface area contributed by atoms with Crippen molar-refractivity contribution < 1.29 is 25.8 Å². The molecule has 1 aliphatic rings. The van der Waals surface area contributed by atoms with Gasteiger partial charge in [0.05, 0.1) is 0 Å². The van der Waals surface area contributed by atoms with E-state index in [4.69, 9.17) is 0 Å². The Morgan fingerprint density at radius 3 is 2.70 bits per heavy atom. The van der Waals surface area contributed by atoms with E-state index in [2.05, 4.69) is 26.0 Å². The van der Waals surface area contributed by atoms with Gasteiger partial charge in [0.25, 0.3) is 0 Å². The quantitative estimate of drug-likeness (QED) is 0.543. The maximum absolute atomic E-state index is 3.21. The van der Waals surface area contributed by atoms with Crippen molar-refractivity contribution >= 4 is 0 Å². The Morgan fingerprint density at radius 1 is 1.60 bits per heavy atom. The number of hydrogen-bond donors (Lipinski definition) is 0. The zero-order valence-electron chi connectivity index (χ0n) is 6.70. The first kappa shape index (κ1) is 10.4. The van der Waals surface area contributed by atoms with Crippen LogP contribution in [0.2, 0.25) is 0 Å². The summed E-state index contributed by atoms with van der Waals surface area (Å²) in [5.74, 6) is 0. The van der Waals surface area contributed by atoms with Gasteiger partial charge < -0.3 is 0 Å². The van der Waals surface area contributed by atoms with Crippen molar-refractivity contribution in [2.75, 3.05) is 0 Å². The molecule has 0 bridgehead atoms. The Hall–Kier alpha value is 0.350. The van der Waals surface area contributed by atoms with Crippen LogP contribution < -0.4 is 0 Å². The van der Waals surface area contributed by atoms with Crippen molar-refractivity contribution in [3.05, 3.63) is 23.3 Å². The van der Waals surface area contributed by atoms with E-state index in [1.54, 1.807) is 5.57 Å². The van der Waals surface area contributed by atoms with Gasteiger partial charge in [0.1, 0.15) is 0 Å². The van der Waals surface area contributed by atoms with E-state index in [0.717, 1.165) is 6.42 Å². The largest absolute Gasteiger partial charge is 0.253 e. The summed E-state index contributed by atoms with van der Waals surface area (Å²) in [6.07, 6.45) is 9.01. The van der Waals surface area contributed by atoms with E-state index in [-0.39, 0.29) is 25.8 Å². The molecule has 0 nitrogen and oxygen atoms in total. The monoisotopic (exact) mass is 301 g/mol. The molecule has 0 heterocycles. The number of hydrogen-bond acceptors (Lipinski definition) is 0. The van der Waals surface area contributed by atoms with Crippen molar-refractivity contribution in [2.45, 2.75) is 33.1 Å². The standard InChI is InChI=1S/C9H13.Hf/c1-3-5-9-7-4-6-8(9)2;/h4H,3,5,7H2,1-2H3;/q-1;. The second kappa shape index (κ2) is 5.06. The summed E-state index contributed by atoms with van der Waals surface area (Å²) in [5.41, 5.74) is 2.95. The van der Waals surface area contributed by atoms with Gasteiger partial charge in [0.2, 0.25) is 0 Å². The summed E-state index contributed by atoms with van der Waals surface area (Å²) in [4.78, 5) is 0. The minimum absolute atomic E-state index is 0. The van der Waals surface area contributed by atoms with Crippen molar-refractivity contribution in [3.63, 3.8) is 0 Å². The summed E-state index contributed by atoms with van der Waals surface area (Å²) >= 11 is 0. The molecule has 0 fully saturated rings. The molecule has 54 valence electrons. The minimum atomic E-state index is 0. The Bertz CT molecular complexity index is 154. The smallest absolute Gasteiger partial charge is 0 e. The Labute approximate surface area is 82.2 Å². The van der Waals surface area contributed by atoms with Crippen LogP contribution in [-0.4, -0.2) is 0 Å². The van der Waals surface area contributed by atoms with E-state index in [1.807, 2.05) is 0 Å². The molecule has 1 heteroatoms. The van der Waals surface area contributed by atoms with E-state index >= 15 is 0 Å². The third kappa shape index (κ3) is 2.53. The normalized spacial score (nSPS) is 15.8. The first-order valence-electron chi connectivity index (χ1n) is 3.61. The zero-order valence-corrected chi connectivity index (χ0v) is 10.3. The SMILES string of the molecule is CCCC1=C(C)[C-]=CC1.[Hf]. The first-order chi connectivity index (χ1) is 4.34. The molecule has 0 aromatic carbocycles. The van der Waals surface area contributed by atoms with E-state index in [0.29, 0.717) is 0 Å². The van der Waals surface area contributed by atoms with Crippen LogP contribution in [0.5, 0.6) is 0 Å². The Kier molecular flexibility index (Phi) is 5.24. The van der Waals surface area contributed by atoms with Crippen LogP contribution in [0.4, 0.5) is 0 Å². The summed E-state index contributed by atoms with van der Waals surface area (Å²) in [5, 5.41) is 0. The molecular formula is C9H13Hf-. The molecule has 10 heavy (non-hydrogen) atoms. The molecule has 0 N–H and O–H groups in total. The second-order valence-electron chi connectivity index (χ2n) is 2.53. The van der Waals surface area contributed by atoms with Crippen LogP contribution in [0.15, 0.2) is 17.2 Å². The van der Waals surface area contributed by atoms with Crippen LogP contribution >= 0.6 is 0 Å². The Balaban J connectivity index is 0.000000810. The average Bonchev–Trinajstić information content (AvgIpc) is 2.18. The molecule has 1 aliphatic carbocycles. The molecule has 0 spiro atoms. The second-order valence-corrected chi connectivity index (χ2v) is 2.53. The number of allylic oxidation sites excluding steroid dienone is 4. The molecular weight excluding hydrogens is 287 g/mol. The number of rotatable bonds is 2. The fourth-order valence-corrected chi connectivity index (χ4v) is 1.17. The molecule has 0 aromatic rings. The molecule has 0 unspecified atom stereocenters. The van der Waals surface area contributed by atoms with Gasteiger partial charge in [-0.2, -0.15) is 6.08 Å². The van der Waals surface area contributed by atoms with Crippen LogP contribution in [0.25, 0.3) is 0 Å². The maximum Gasteiger partial charge on any atom is 0 e. The Morgan fingerprint density at radius 2 is 2.30 bits per heavy atom. The van der Waals surface area contributed by atoms with Gasteiger partial charge in [-0.3, -0.25) is 6.08 Å². The van der Waals surface area contributed by atoms with Crippen molar-refractivity contribution in [3.8, 4) is 0 Å². The third-order valence-corrected chi connectivity index (χ3v) is 1.75. The first-order valence-corrected chi connectivity index (χ1v) is 3.61. The van der Waals surface area contributed by atoms with Gasteiger partial charge in [0, 0.05) is 25.8 Å². The van der Waals surface area contributed by atoms with Crippen molar-refractivity contribution in [2.24, 2.45) is 0 Å². The minimum Gasteiger partial charge on any atom is -0.253 e. The van der Waals surface area contributed by atoms with Gasteiger partial charge in [0.15, 0.2) is 0 Å². The molecule has 0 radical (unpaired) electrons. The van der Waals surface area contributed by atoms with Crippen molar-refractivity contribution in [1.29, 1.82) is 0 Å². The van der Waals surface area contributed by atoms with Gasteiger partial charge in [-0.05, 0) is 0 Å². The molecule has 0 amide bonds. The van der Waals surface area contributed by atoms with Gasteiger partial charge in [-0.15, -0.1) is 0 Å². The summed E-state index contributed by atoms with van der Waals surface area (Å²) in [6.45, 7) is 4.37. The molecule has 0 saturated carbocycles. The molecule has 0 aromatic heterocycles. The zero-order chi connectivity index (χ0) is 6.69. The van der Waals surface area contributed by atoms with Crippen molar-refractivity contribution in [1.82, 2.24) is 0 Å². The summed E-state index contributed by atoms with van der Waals surface area (Å²) in [6, 6.07) is 0. The van der Waals surface area contributed by atoms with E-state index in [9.17, 15) is 0 Å². The summed E-state index contributed by atoms with van der Waals surface area (Å²) < 4.78 is 0. The average molecular weight is 300 g/mol. The van der Waals surface area contributed by atoms with Crippen LogP contribution in [-0.2, 0) is 25.8 Å². The topological polar surface area (TPSA) is 0 Å². The maximum atomic E-state index is 3.21.